The molecule has 3 rings (SSSR count). The predicted molar refractivity (Wildman–Crippen MR) is 105 cm³/mol. The lowest BCUT2D eigenvalue weighted by Crippen LogP contribution is -2.41. The van der Waals surface area contributed by atoms with E-state index in [1.165, 1.54) is 31.6 Å². The van der Waals surface area contributed by atoms with E-state index in [0.717, 1.165) is 9.88 Å². The van der Waals surface area contributed by atoms with Gasteiger partial charge in [-0.1, -0.05) is 6.07 Å². The Morgan fingerprint density at radius 3 is 2.44 bits per heavy atom. The molecule has 0 fully saturated rings. The molecule has 0 saturated heterocycles. The summed E-state index contributed by atoms with van der Waals surface area (Å²) in [4.78, 5) is 30.6. The van der Waals surface area contributed by atoms with Crippen molar-refractivity contribution in [2.45, 2.75) is 6.92 Å². The molecule has 3 aromatic rings. The normalized spacial score (nSPS) is 10.3. The monoisotopic (exact) mass is 403 g/mol. The number of aryl methyl sites for hydroxylation is 1. The van der Waals surface area contributed by atoms with Crippen molar-refractivity contribution in [3.63, 3.8) is 0 Å². The van der Waals surface area contributed by atoms with Crippen LogP contribution >= 0.6 is 22.7 Å². The van der Waals surface area contributed by atoms with Crippen LogP contribution in [-0.2, 0) is 0 Å². The minimum absolute atomic E-state index is 0.327. The lowest BCUT2D eigenvalue weighted by Gasteiger charge is -2.10. The van der Waals surface area contributed by atoms with Crippen molar-refractivity contribution >= 4 is 34.5 Å². The maximum Gasteiger partial charge on any atom is 0.281 e. The summed E-state index contributed by atoms with van der Waals surface area (Å²) in [7, 11) is 3.00. The van der Waals surface area contributed by atoms with Crippen LogP contribution in [0.2, 0.25) is 0 Å². The summed E-state index contributed by atoms with van der Waals surface area (Å²) in [6.07, 6.45) is 0. The number of ether oxygens (including phenoxy) is 2. The van der Waals surface area contributed by atoms with E-state index in [4.69, 9.17) is 9.47 Å². The molecular formula is C18H17N3O4S2. The fraction of sp³-hybridized carbons (Fsp3) is 0.167. The number of amides is 2. The summed E-state index contributed by atoms with van der Waals surface area (Å²) in [6, 6.07) is 8.61. The zero-order valence-corrected chi connectivity index (χ0v) is 16.5. The molecule has 27 heavy (non-hydrogen) atoms. The van der Waals surface area contributed by atoms with Crippen LogP contribution in [0.4, 0.5) is 0 Å². The van der Waals surface area contributed by atoms with Crippen LogP contribution in [0.1, 0.15) is 25.7 Å². The Labute approximate surface area is 163 Å². The number of thiophene rings is 1. The molecule has 0 saturated carbocycles. The molecule has 0 aliphatic rings. The molecule has 0 unspecified atom stereocenters. The average molecular weight is 403 g/mol. The van der Waals surface area contributed by atoms with Gasteiger partial charge in [-0.15, -0.1) is 22.7 Å². The lowest BCUT2D eigenvalue weighted by atomic mass is 10.2. The third-order valence-electron chi connectivity index (χ3n) is 3.67. The van der Waals surface area contributed by atoms with Crippen molar-refractivity contribution < 1.29 is 19.1 Å². The Morgan fingerprint density at radius 2 is 1.78 bits per heavy atom. The average Bonchev–Trinajstić information content (AvgIpc) is 3.34. The number of hydrogen-bond donors (Lipinski definition) is 2. The molecule has 0 atom stereocenters. The van der Waals surface area contributed by atoms with E-state index in [2.05, 4.69) is 15.8 Å². The van der Waals surface area contributed by atoms with Crippen LogP contribution < -0.4 is 20.3 Å². The van der Waals surface area contributed by atoms with Gasteiger partial charge in [-0.2, -0.15) is 0 Å². The third kappa shape index (κ3) is 4.09. The number of benzene rings is 1. The Morgan fingerprint density at radius 1 is 1.04 bits per heavy atom. The summed E-state index contributed by atoms with van der Waals surface area (Å²) in [5.41, 5.74) is 5.77. The van der Waals surface area contributed by atoms with Crippen molar-refractivity contribution in [3.8, 4) is 21.4 Å². The summed E-state index contributed by atoms with van der Waals surface area (Å²) in [5.74, 6) is 0.0569. The highest BCUT2D eigenvalue weighted by atomic mass is 32.1. The predicted octanol–water partition coefficient (Wildman–Crippen LogP) is 3.27. The van der Waals surface area contributed by atoms with Gasteiger partial charge < -0.3 is 9.47 Å². The first-order chi connectivity index (χ1) is 13.0. The van der Waals surface area contributed by atoms with Gasteiger partial charge in [0.05, 0.1) is 24.8 Å². The first kappa shape index (κ1) is 18.9. The molecule has 0 bridgehead atoms. The highest BCUT2D eigenvalue weighted by Gasteiger charge is 2.18. The smallest absolute Gasteiger partial charge is 0.281 e. The number of hydrogen-bond acceptors (Lipinski definition) is 7. The molecular weight excluding hydrogens is 386 g/mol. The highest BCUT2D eigenvalue weighted by Crippen LogP contribution is 2.31. The maximum atomic E-state index is 12.4. The van der Waals surface area contributed by atoms with Gasteiger partial charge in [0.25, 0.3) is 11.8 Å². The van der Waals surface area contributed by atoms with Crippen molar-refractivity contribution in [3.05, 3.63) is 51.8 Å². The number of carbonyl (C=O) groups is 2. The number of thiazole rings is 1. The van der Waals surface area contributed by atoms with Gasteiger partial charge >= 0.3 is 0 Å². The largest absolute Gasteiger partial charge is 0.493 e. The van der Waals surface area contributed by atoms with Crippen molar-refractivity contribution in [2.24, 2.45) is 0 Å². The number of hydrazine groups is 1. The van der Waals surface area contributed by atoms with Crippen LogP contribution in [0.3, 0.4) is 0 Å². The molecule has 0 aliphatic heterocycles. The van der Waals surface area contributed by atoms with Gasteiger partial charge in [0.1, 0.15) is 9.88 Å². The van der Waals surface area contributed by atoms with Crippen LogP contribution in [-0.4, -0.2) is 31.0 Å². The number of rotatable bonds is 5. The molecule has 0 spiro atoms. The van der Waals surface area contributed by atoms with Crippen molar-refractivity contribution in [2.75, 3.05) is 14.2 Å². The first-order valence-corrected chi connectivity index (χ1v) is 9.57. The molecule has 9 heteroatoms. The minimum Gasteiger partial charge on any atom is -0.493 e. The quantitative estimate of drug-likeness (QED) is 0.638. The topological polar surface area (TPSA) is 89.6 Å². The van der Waals surface area contributed by atoms with E-state index in [9.17, 15) is 9.59 Å². The Bertz CT molecular complexity index is 967. The second-order valence-corrected chi connectivity index (χ2v) is 7.34. The molecule has 2 amide bonds. The lowest BCUT2D eigenvalue weighted by molar-refractivity contribution is 0.0848. The number of nitrogens with one attached hydrogen (secondary N) is 2. The van der Waals surface area contributed by atoms with Crippen LogP contribution in [0, 0.1) is 6.92 Å². The van der Waals surface area contributed by atoms with E-state index in [0.29, 0.717) is 27.6 Å². The zero-order chi connectivity index (χ0) is 19.4. The molecule has 0 radical (unpaired) electrons. The summed E-state index contributed by atoms with van der Waals surface area (Å²) in [5, 5.41) is 2.73. The van der Waals surface area contributed by atoms with Gasteiger partial charge in [0, 0.05) is 5.56 Å². The Kier molecular flexibility index (Phi) is 5.72. The molecule has 2 heterocycles. The van der Waals surface area contributed by atoms with E-state index in [1.54, 1.807) is 30.4 Å². The molecule has 1 aromatic carbocycles. The third-order valence-corrected chi connectivity index (χ3v) is 5.87. The fourth-order valence-corrected chi connectivity index (χ4v) is 4.09. The minimum atomic E-state index is -0.468. The standard InChI is InChI=1S/C18H17N3O4S2/c1-10-15(27-18(19-10)14-5-4-8-26-14)17(23)21-20-16(22)11-6-7-12(24-2)13(9-11)25-3/h4-9H,1-3H3,(H,20,22)(H,21,23). The molecule has 2 aromatic heterocycles. The summed E-state index contributed by atoms with van der Waals surface area (Å²) < 4.78 is 10.3. The second kappa shape index (κ2) is 8.19. The van der Waals surface area contributed by atoms with Crippen molar-refractivity contribution in [1.82, 2.24) is 15.8 Å². The number of aromatic nitrogens is 1. The molecule has 7 nitrogen and oxygen atoms in total. The Balaban J connectivity index is 1.68. The SMILES string of the molecule is COc1ccc(C(=O)NNC(=O)c2sc(-c3cccs3)nc2C)cc1OC. The van der Waals surface area contributed by atoms with Crippen LogP contribution in [0.5, 0.6) is 11.5 Å². The summed E-state index contributed by atoms with van der Waals surface area (Å²) >= 11 is 2.84. The first-order valence-electron chi connectivity index (χ1n) is 7.87. The Hall–Kier alpha value is -2.91. The number of methoxy groups -OCH3 is 2. The van der Waals surface area contributed by atoms with E-state index >= 15 is 0 Å². The second-order valence-electron chi connectivity index (χ2n) is 5.39. The van der Waals surface area contributed by atoms with Gasteiger partial charge in [-0.05, 0) is 36.6 Å². The van der Waals surface area contributed by atoms with Gasteiger partial charge in [0.2, 0.25) is 0 Å². The van der Waals surface area contributed by atoms with Crippen LogP contribution in [0.25, 0.3) is 9.88 Å². The molecule has 0 aliphatic carbocycles. The van der Waals surface area contributed by atoms with E-state index < -0.39 is 11.8 Å². The zero-order valence-electron chi connectivity index (χ0n) is 14.9. The van der Waals surface area contributed by atoms with Crippen LogP contribution in [0.15, 0.2) is 35.7 Å². The number of carbonyl (C=O) groups excluding carboxylic acids is 2. The summed E-state index contributed by atoms with van der Waals surface area (Å²) in [6.45, 7) is 1.76. The maximum absolute atomic E-state index is 12.4. The van der Waals surface area contributed by atoms with Gasteiger partial charge in [0.15, 0.2) is 11.5 Å². The van der Waals surface area contributed by atoms with Gasteiger partial charge in [-0.25, -0.2) is 4.98 Å². The molecule has 140 valence electrons. The van der Waals surface area contributed by atoms with Gasteiger partial charge in [-0.3, -0.25) is 20.4 Å². The molecule has 2 N–H and O–H groups in total. The fourth-order valence-electron chi connectivity index (χ4n) is 2.33. The van der Waals surface area contributed by atoms with Crippen molar-refractivity contribution in [1.29, 1.82) is 0 Å². The van der Waals surface area contributed by atoms with E-state index in [-0.39, 0.29) is 0 Å². The highest BCUT2D eigenvalue weighted by molar-refractivity contribution is 7.22. The number of nitrogens with zero attached hydrogens (tertiary/aromatic N) is 1. The van der Waals surface area contributed by atoms with E-state index in [1.807, 2.05) is 17.5 Å².